The van der Waals surface area contributed by atoms with E-state index in [0.29, 0.717) is 6.42 Å². The van der Waals surface area contributed by atoms with Gasteiger partial charge in [0.15, 0.2) is 6.10 Å². The van der Waals surface area contributed by atoms with E-state index in [2.05, 4.69) is 50.3 Å². The second-order valence-corrected chi connectivity index (χ2v) is 14.3. The fourth-order valence-corrected chi connectivity index (χ4v) is 5.86. The van der Waals surface area contributed by atoms with Crippen LogP contribution in [0, 0.1) is 0 Å². The molecular formula is C41H72NO8P. The molecule has 0 rings (SSSR count). The van der Waals surface area contributed by atoms with E-state index in [1.54, 1.807) is 6.08 Å². The number of unbranched alkanes of at least 4 members (excludes halogenated alkanes) is 16. The minimum atomic E-state index is -4.40. The Labute approximate surface area is 310 Å². The molecule has 2 atom stereocenters. The maximum Gasteiger partial charge on any atom is 0.472 e. The third-order valence-corrected chi connectivity index (χ3v) is 8.98. The average molecular weight is 738 g/mol. The van der Waals surface area contributed by atoms with Gasteiger partial charge in [-0.15, -0.1) is 0 Å². The Morgan fingerprint density at radius 1 is 0.667 bits per heavy atom. The molecule has 0 aromatic carbocycles. The summed E-state index contributed by atoms with van der Waals surface area (Å²) in [6.07, 6.45) is 43.1. The molecule has 0 saturated carbocycles. The molecule has 10 heteroatoms. The van der Waals surface area contributed by atoms with Crippen LogP contribution in [0.3, 0.4) is 0 Å². The van der Waals surface area contributed by atoms with Crippen LogP contribution in [0.25, 0.3) is 0 Å². The molecule has 0 amide bonds. The molecule has 1 unspecified atom stereocenters. The zero-order valence-corrected chi connectivity index (χ0v) is 33.0. The average Bonchev–Trinajstić information content (AvgIpc) is 3.11. The van der Waals surface area contributed by atoms with Gasteiger partial charge >= 0.3 is 19.8 Å². The minimum absolute atomic E-state index is 0.0375. The van der Waals surface area contributed by atoms with Gasteiger partial charge in [0, 0.05) is 19.0 Å². The first kappa shape index (κ1) is 48.7. The number of nitrogens with two attached hydrogens (primary N) is 1. The lowest BCUT2D eigenvalue weighted by Gasteiger charge is -2.19. The lowest BCUT2D eigenvalue weighted by molar-refractivity contribution is -0.159. The number of phosphoric acid groups is 1. The van der Waals surface area contributed by atoms with Crippen molar-refractivity contribution >= 4 is 19.8 Å². The summed E-state index contributed by atoms with van der Waals surface area (Å²) >= 11 is 0. The third-order valence-electron chi connectivity index (χ3n) is 7.99. The molecule has 0 saturated heterocycles. The largest absolute Gasteiger partial charge is 0.472 e. The maximum absolute atomic E-state index is 12.5. The maximum atomic E-state index is 12.5. The zero-order chi connectivity index (χ0) is 37.5. The van der Waals surface area contributed by atoms with Crippen LogP contribution in [0.1, 0.15) is 155 Å². The van der Waals surface area contributed by atoms with E-state index >= 15 is 0 Å². The van der Waals surface area contributed by atoms with Crippen molar-refractivity contribution in [2.24, 2.45) is 5.73 Å². The second kappa shape index (κ2) is 37.5. The highest BCUT2D eigenvalue weighted by Crippen LogP contribution is 2.43. The first-order valence-corrected chi connectivity index (χ1v) is 21.3. The highest BCUT2D eigenvalue weighted by Gasteiger charge is 2.25. The Morgan fingerprint density at radius 2 is 1.22 bits per heavy atom. The molecule has 0 aliphatic rings. The smallest absolute Gasteiger partial charge is 0.458 e. The fourth-order valence-electron chi connectivity index (χ4n) is 5.09. The molecule has 9 nitrogen and oxygen atoms in total. The number of rotatable bonds is 36. The molecule has 0 aliphatic heterocycles. The molecule has 51 heavy (non-hydrogen) atoms. The normalized spacial score (nSPS) is 14.0. The van der Waals surface area contributed by atoms with Gasteiger partial charge in [-0.2, -0.15) is 0 Å². The number of carbonyl (C=O) groups excluding carboxylic acids is 2. The first-order valence-electron chi connectivity index (χ1n) is 19.8. The van der Waals surface area contributed by atoms with Crippen LogP contribution >= 0.6 is 7.82 Å². The summed E-state index contributed by atoms with van der Waals surface area (Å²) in [5, 5.41) is 0. The topological polar surface area (TPSA) is 134 Å². The summed E-state index contributed by atoms with van der Waals surface area (Å²) in [4.78, 5) is 34.6. The van der Waals surface area contributed by atoms with Crippen LogP contribution in [0.4, 0.5) is 0 Å². The molecule has 0 bridgehead atoms. The van der Waals surface area contributed by atoms with Gasteiger partial charge in [-0.3, -0.25) is 13.8 Å². The minimum Gasteiger partial charge on any atom is -0.458 e. The number of hydrogen-bond donors (Lipinski definition) is 2. The van der Waals surface area contributed by atoms with Crippen molar-refractivity contribution in [3.05, 3.63) is 60.8 Å². The Hall–Kier alpha value is -2.29. The first-order chi connectivity index (χ1) is 24.8. The number of carbonyl (C=O) groups is 2. The van der Waals surface area contributed by atoms with Crippen molar-refractivity contribution < 1.29 is 37.6 Å². The van der Waals surface area contributed by atoms with E-state index in [1.807, 2.05) is 12.2 Å². The van der Waals surface area contributed by atoms with E-state index in [-0.39, 0.29) is 26.2 Å². The van der Waals surface area contributed by atoms with E-state index in [9.17, 15) is 19.0 Å². The second-order valence-electron chi connectivity index (χ2n) is 12.8. The molecule has 0 aromatic rings. The van der Waals surface area contributed by atoms with Crippen LogP contribution in [0.2, 0.25) is 0 Å². The van der Waals surface area contributed by atoms with Crippen molar-refractivity contribution in [1.82, 2.24) is 0 Å². The molecule has 3 N–H and O–H groups in total. The quantitative estimate of drug-likeness (QED) is 0.0161. The molecular weight excluding hydrogens is 665 g/mol. The highest BCUT2D eigenvalue weighted by molar-refractivity contribution is 7.47. The van der Waals surface area contributed by atoms with Crippen LogP contribution in [0.5, 0.6) is 0 Å². The third kappa shape index (κ3) is 37.3. The standard InChI is InChI=1S/C41H72NO8P/c1-3-5-7-9-11-13-15-17-19-21-23-25-27-29-31-33-40(43)47-37-39(38-49-51(45,46)48-36-35-42)50-41(44)34-32-30-28-26-24-22-20-18-16-14-12-10-8-6-4-2/h6,8,12,14,18,20,27,29,31,33,39H,3-5,7,9-11,13,15-17,19,21-26,28,30,32,34-38,42H2,1-2H3,(H,45,46)/b8-6+,14-12+,20-18+,29-27+,33-31+/t39-/m1/s1. The van der Waals surface area contributed by atoms with Gasteiger partial charge < -0.3 is 20.1 Å². The number of phosphoric ester groups is 1. The predicted octanol–water partition coefficient (Wildman–Crippen LogP) is 10.9. The summed E-state index contributed by atoms with van der Waals surface area (Å²) in [5.41, 5.74) is 5.33. The molecule has 0 radical (unpaired) electrons. The summed E-state index contributed by atoms with van der Waals surface area (Å²) in [5.74, 6) is -1.11. The number of ether oxygens (including phenoxy) is 2. The van der Waals surface area contributed by atoms with Crippen LogP contribution in [-0.2, 0) is 32.7 Å². The van der Waals surface area contributed by atoms with Crippen molar-refractivity contribution in [1.29, 1.82) is 0 Å². The summed E-state index contributed by atoms with van der Waals surface area (Å²) in [6.45, 7) is 3.45. The van der Waals surface area contributed by atoms with Gasteiger partial charge in [0.05, 0.1) is 13.2 Å². The fraction of sp³-hybridized carbons (Fsp3) is 0.707. The van der Waals surface area contributed by atoms with E-state index in [0.717, 1.165) is 64.2 Å². The molecule has 0 heterocycles. The van der Waals surface area contributed by atoms with Crippen molar-refractivity contribution in [3.63, 3.8) is 0 Å². The van der Waals surface area contributed by atoms with Crippen LogP contribution in [0.15, 0.2) is 60.8 Å². The predicted molar refractivity (Wildman–Crippen MR) is 210 cm³/mol. The molecule has 0 aromatic heterocycles. The SMILES string of the molecule is CC/C=C/C/C=C/C/C=C/CCCCCCCC(=O)O[C@H](COC(=O)/C=C/C=C/CCCCCCCCCCCCC)COP(=O)(O)OCCN. The Morgan fingerprint density at radius 3 is 1.82 bits per heavy atom. The van der Waals surface area contributed by atoms with Crippen LogP contribution in [-0.4, -0.2) is 49.3 Å². The van der Waals surface area contributed by atoms with Gasteiger partial charge in [0.2, 0.25) is 0 Å². The summed E-state index contributed by atoms with van der Waals surface area (Å²) in [6, 6.07) is 0. The van der Waals surface area contributed by atoms with E-state index in [1.165, 1.54) is 70.3 Å². The Bertz CT molecular complexity index is 1020. The van der Waals surface area contributed by atoms with E-state index in [4.69, 9.17) is 24.3 Å². The number of hydrogen-bond acceptors (Lipinski definition) is 8. The zero-order valence-electron chi connectivity index (χ0n) is 32.1. The van der Waals surface area contributed by atoms with Gasteiger partial charge in [0.1, 0.15) is 6.61 Å². The summed E-state index contributed by atoms with van der Waals surface area (Å²) in [7, 11) is -4.40. The Balaban J connectivity index is 4.34. The lowest BCUT2D eigenvalue weighted by Crippen LogP contribution is -2.29. The van der Waals surface area contributed by atoms with Gasteiger partial charge in [0.25, 0.3) is 0 Å². The lowest BCUT2D eigenvalue weighted by atomic mass is 10.1. The van der Waals surface area contributed by atoms with Crippen molar-refractivity contribution in [2.45, 2.75) is 161 Å². The highest BCUT2D eigenvalue weighted by atomic mass is 31.2. The molecule has 0 aliphatic carbocycles. The van der Waals surface area contributed by atoms with Crippen LogP contribution < -0.4 is 5.73 Å². The van der Waals surface area contributed by atoms with Gasteiger partial charge in [-0.1, -0.05) is 152 Å². The monoisotopic (exact) mass is 737 g/mol. The van der Waals surface area contributed by atoms with Crippen molar-refractivity contribution in [3.8, 4) is 0 Å². The number of esters is 2. The molecule has 0 spiro atoms. The molecule has 294 valence electrons. The van der Waals surface area contributed by atoms with Gasteiger partial charge in [-0.05, 0) is 51.4 Å². The van der Waals surface area contributed by atoms with Crippen molar-refractivity contribution in [2.75, 3.05) is 26.4 Å². The Kier molecular flexibility index (Phi) is 35.8. The molecule has 0 fully saturated rings. The van der Waals surface area contributed by atoms with Gasteiger partial charge in [-0.25, -0.2) is 9.36 Å². The summed E-state index contributed by atoms with van der Waals surface area (Å²) < 4.78 is 32.5. The number of allylic oxidation sites excluding steroid dienone is 9. The van der Waals surface area contributed by atoms with E-state index < -0.39 is 32.5 Å².